The van der Waals surface area contributed by atoms with Crippen molar-refractivity contribution in [1.29, 1.82) is 0 Å². The first-order valence-corrected chi connectivity index (χ1v) is 7.51. The van der Waals surface area contributed by atoms with Crippen molar-refractivity contribution in [3.8, 4) is 0 Å². The smallest absolute Gasteiger partial charge is 0.175 e. The molecule has 0 spiro atoms. The van der Waals surface area contributed by atoms with E-state index in [4.69, 9.17) is 23.8 Å². The van der Waals surface area contributed by atoms with E-state index in [2.05, 4.69) is 33.2 Å². The van der Waals surface area contributed by atoms with Crippen LogP contribution in [0.2, 0.25) is 5.02 Å². The van der Waals surface area contributed by atoms with Gasteiger partial charge in [-0.15, -0.1) is 0 Å². The Morgan fingerprint density at radius 2 is 1.89 bits per heavy atom. The van der Waals surface area contributed by atoms with E-state index in [0.29, 0.717) is 5.11 Å². The molecule has 0 aliphatic heterocycles. The lowest BCUT2D eigenvalue weighted by atomic mass is 10.2. The minimum absolute atomic E-state index is 0.545. The fraction of sp³-hybridized carbons (Fsp3) is 0.0714. The molecule has 19 heavy (non-hydrogen) atoms. The standard InChI is InChI=1S/C14H12ClIN2S/c1-9-6-7-10(8-11(9)15)17-14(19)18-13-5-3-2-4-12(13)16/h2-8H,1H3,(H2,17,18,19). The SMILES string of the molecule is Cc1ccc(NC(=S)Nc2ccccc2I)cc1Cl. The molecule has 0 saturated carbocycles. The van der Waals surface area contributed by atoms with Gasteiger partial charge in [0.25, 0.3) is 0 Å². The topological polar surface area (TPSA) is 24.1 Å². The van der Waals surface area contributed by atoms with Gasteiger partial charge in [0.05, 0.1) is 5.69 Å². The largest absolute Gasteiger partial charge is 0.332 e. The molecule has 0 aromatic heterocycles. The van der Waals surface area contributed by atoms with Crippen molar-refractivity contribution in [2.75, 3.05) is 10.6 Å². The van der Waals surface area contributed by atoms with Crippen molar-refractivity contribution < 1.29 is 0 Å². The van der Waals surface area contributed by atoms with E-state index in [1.54, 1.807) is 0 Å². The molecule has 0 radical (unpaired) electrons. The molecular formula is C14H12ClIN2S. The van der Waals surface area contributed by atoms with Crippen LogP contribution in [0.4, 0.5) is 11.4 Å². The van der Waals surface area contributed by atoms with Crippen molar-refractivity contribution >= 4 is 62.9 Å². The van der Waals surface area contributed by atoms with Crippen LogP contribution in [0, 0.1) is 10.5 Å². The highest BCUT2D eigenvalue weighted by Crippen LogP contribution is 2.21. The minimum atomic E-state index is 0.545. The average Bonchev–Trinajstić information content (AvgIpc) is 2.37. The van der Waals surface area contributed by atoms with Crippen molar-refractivity contribution in [3.63, 3.8) is 0 Å². The highest BCUT2D eigenvalue weighted by Gasteiger charge is 2.03. The third-order valence-corrected chi connectivity index (χ3v) is 4.10. The number of hydrogen-bond donors (Lipinski definition) is 2. The molecule has 0 atom stereocenters. The predicted octanol–water partition coefficient (Wildman–Crippen LogP) is 5.06. The maximum Gasteiger partial charge on any atom is 0.175 e. The number of aryl methyl sites for hydroxylation is 1. The van der Waals surface area contributed by atoms with Crippen LogP contribution in [0.25, 0.3) is 0 Å². The Bertz CT molecular complexity index is 616. The summed E-state index contributed by atoms with van der Waals surface area (Å²) in [5.41, 5.74) is 2.90. The number of rotatable bonds is 2. The second-order valence-electron chi connectivity index (χ2n) is 4.02. The third-order valence-electron chi connectivity index (χ3n) is 2.55. The molecule has 2 aromatic rings. The zero-order chi connectivity index (χ0) is 13.8. The van der Waals surface area contributed by atoms with Gasteiger partial charge in [-0.2, -0.15) is 0 Å². The molecule has 2 N–H and O–H groups in total. The van der Waals surface area contributed by atoms with Gasteiger partial charge in [0.2, 0.25) is 0 Å². The lowest BCUT2D eigenvalue weighted by Crippen LogP contribution is -2.19. The highest BCUT2D eigenvalue weighted by atomic mass is 127. The number of hydrogen-bond acceptors (Lipinski definition) is 1. The van der Waals surface area contributed by atoms with Gasteiger partial charge < -0.3 is 10.6 Å². The van der Waals surface area contributed by atoms with E-state index in [1.165, 1.54) is 0 Å². The summed E-state index contributed by atoms with van der Waals surface area (Å²) in [6, 6.07) is 13.7. The third kappa shape index (κ3) is 4.06. The summed E-state index contributed by atoms with van der Waals surface area (Å²) in [4.78, 5) is 0. The molecule has 0 aliphatic carbocycles. The van der Waals surface area contributed by atoms with Gasteiger partial charge in [-0.25, -0.2) is 0 Å². The van der Waals surface area contributed by atoms with Gasteiger partial charge in [-0.1, -0.05) is 29.8 Å². The molecule has 2 aromatic carbocycles. The number of halogens is 2. The fourth-order valence-electron chi connectivity index (χ4n) is 1.52. The molecule has 0 aliphatic rings. The molecule has 2 nitrogen and oxygen atoms in total. The number of para-hydroxylation sites is 1. The van der Waals surface area contributed by atoms with E-state index in [-0.39, 0.29) is 0 Å². The van der Waals surface area contributed by atoms with Crippen LogP contribution in [0.5, 0.6) is 0 Å². The Labute approximate surface area is 136 Å². The summed E-state index contributed by atoms with van der Waals surface area (Å²) in [5, 5.41) is 7.55. The van der Waals surface area contributed by atoms with Gasteiger partial charge >= 0.3 is 0 Å². The Morgan fingerprint density at radius 1 is 1.16 bits per heavy atom. The maximum absolute atomic E-state index is 6.08. The zero-order valence-corrected chi connectivity index (χ0v) is 13.9. The number of benzene rings is 2. The van der Waals surface area contributed by atoms with Crippen LogP contribution in [-0.2, 0) is 0 Å². The van der Waals surface area contributed by atoms with Crippen molar-refractivity contribution in [2.45, 2.75) is 6.92 Å². The Kier molecular flexibility index (Phi) is 5.01. The van der Waals surface area contributed by atoms with Crippen LogP contribution >= 0.6 is 46.4 Å². The molecule has 0 unspecified atom stereocenters. The Morgan fingerprint density at radius 3 is 2.58 bits per heavy atom. The summed E-state index contributed by atoms with van der Waals surface area (Å²) >= 11 is 13.6. The number of thiocarbonyl (C=S) groups is 1. The molecule has 0 fully saturated rings. The second kappa shape index (κ2) is 6.54. The van der Waals surface area contributed by atoms with Crippen LogP contribution in [0.1, 0.15) is 5.56 Å². The van der Waals surface area contributed by atoms with Crippen molar-refractivity contribution in [1.82, 2.24) is 0 Å². The quantitative estimate of drug-likeness (QED) is 0.542. The van der Waals surface area contributed by atoms with Crippen LogP contribution in [-0.4, -0.2) is 5.11 Å². The van der Waals surface area contributed by atoms with E-state index >= 15 is 0 Å². The van der Waals surface area contributed by atoms with Gasteiger partial charge in [0.15, 0.2) is 5.11 Å². The molecule has 2 rings (SSSR count). The van der Waals surface area contributed by atoms with Gasteiger partial charge in [-0.05, 0) is 71.6 Å². The lowest BCUT2D eigenvalue weighted by Gasteiger charge is -2.12. The monoisotopic (exact) mass is 402 g/mol. The Balaban J connectivity index is 2.05. The number of nitrogens with one attached hydrogen (secondary N) is 2. The normalized spacial score (nSPS) is 10.1. The lowest BCUT2D eigenvalue weighted by molar-refractivity contribution is 1.46. The summed E-state index contributed by atoms with van der Waals surface area (Å²) in [5.74, 6) is 0. The maximum atomic E-state index is 6.08. The van der Waals surface area contributed by atoms with Crippen molar-refractivity contribution in [3.05, 3.63) is 56.6 Å². The summed E-state index contributed by atoms with van der Waals surface area (Å²) in [6.07, 6.45) is 0. The zero-order valence-electron chi connectivity index (χ0n) is 10.2. The molecule has 0 bridgehead atoms. The highest BCUT2D eigenvalue weighted by molar-refractivity contribution is 14.1. The predicted molar refractivity (Wildman–Crippen MR) is 95.2 cm³/mol. The van der Waals surface area contributed by atoms with Crippen molar-refractivity contribution in [2.24, 2.45) is 0 Å². The van der Waals surface area contributed by atoms with Crippen LogP contribution in [0.3, 0.4) is 0 Å². The van der Waals surface area contributed by atoms with E-state index in [9.17, 15) is 0 Å². The molecule has 98 valence electrons. The average molecular weight is 403 g/mol. The minimum Gasteiger partial charge on any atom is -0.332 e. The summed E-state index contributed by atoms with van der Waals surface area (Å²) in [6.45, 7) is 1.97. The first-order chi connectivity index (χ1) is 9.06. The molecular weight excluding hydrogens is 391 g/mol. The van der Waals surface area contributed by atoms with Gasteiger partial charge in [-0.3, -0.25) is 0 Å². The van der Waals surface area contributed by atoms with Crippen LogP contribution in [0.15, 0.2) is 42.5 Å². The van der Waals surface area contributed by atoms with E-state index in [1.807, 2.05) is 49.4 Å². The first-order valence-electron chi connectivity index (χ1n) is 5.65. The molecule has 0 saturated heterocycles. The Hall–Kier alpha value is -0.850. The second-order valence-corrected chi connectivity index (χ2v) is 6.00. The molecule has 0 heterocycles. The molecule has 5 heteroatoms. The summed E-state index contributed by atoms with van der Waals surface area (Å²) < 4.78 is 1.12. The van der Waals surface area contributed by atoms with Gasteiger partial charge in [0.1, 0.15) is 0 Å². The van der Waals surface area contributed by atoms with Crippen LogP contribution < -0.4 is 10.6 Å². The van der Waals surface area contributed by atoms with E-state index in [0.717, 1.165) is 25.5 Å². The molecule has 0 amide bonds. The van der Waals surface area contributed by atoms with E-state index < -0.39 is 0 Å². The first kappa shape index (κ1) is 14.6. The number of anilines is 2. The van der Waals surface area contributed by atoms with Gasteiger partial charge in [0, 0.05) is 14.3 Å². The fourth-order valence-corrected chi connectivity index (χ4v) is 2.45. The summed E-state index contributed by atoms with van der Waals surface area (Å²) in [7, 11) is 0.